The highest BCUT2D eigenvalue weighted by Crippen LogP contribution is 2.51. The third kappa shape index (κ3) is 3.54. The zero-order valence-corrected chi connectivity index (χ0v) is 11.6. The van der Waals surface area contributed by atoms with Crippen molar-refractivity contribution in [3.8, 4) is 0 Å². The van der Waals surface area contributed by atoms with E-state index in [9.17, 15) is 43.0 Å². The smallest absolute Gasteiger partial charge is 0.200 e. The van der Waals surface area contributed by atoms with E-state index in [-0.39, 0.29) is 0 Å². The summed E-state index contributed by atoms with van der Waals surface area (Å²) in [5, 5.41) is -11.7. The summed E-state index contributed by atoms with van der Waals surface area (Å²) in [7, 11) is -6.99. The van der Waals surface area contributed by atoms with E-state index in [4.69, 9.17) is 0 Å². The van der Waals surface area contributed by atoms with Gasteiger partial charge in [-0.1, -0.05) is 22.1 Å². The van der Waals surface area contributed by atoms with Crippen LogP contribution in [0.15, 0.2) is 35.2 Å². The summed E-state index contributed by atoms with van der Waals surface area (Å²) >= 11 is -1.26. The second kappa shape index (κ2) is 6.07. The van der Waals surface area contributed by atoms with Gasteiger partial charge in [-0.15, -0.1) is 0 Å². The lowest BCUT2D eigenvalue weighted by atomic mass is 10.2. The van der Waals surface area contributed by atoms with Crippen LogP contribution in [0.5, 0.6) is 0 Å². The van der Waals surface area contributed by atoms with Gasteiger partial charge in [0.15, 0.2) is 5.83 Å². The van der Waals surface area contributed by atoms with Gasteiger partial charge in [0.25, 0.3) is 0 Å². The molecule has 0 aliphatic carbocycles. The van der Waals surface area contributed by atoms with E-state index in [1.165, 1.54) is 0 Å². The predicted molar refractivity (Wildman–Crippen MR) is 62.5 cm³/mol. The maximum absolute atomic E-state index is 13.3. The van der Waals surface area contributed by atoms with E-state index in [0.717, 1.165) is 12.1 Å². The monoisotopic (exact) mass is 372 g/mol. The highest BCUT2D eigenvalue weighted by molar-refractivity contribution is 8.01. The third-order valence-corrected chi connectivity index (χ3v) is 4.26. The van der Waals surface area contributed by atoms with E-state index in [1.54, 1.807) is 0 Å². The van der Waals surface area contributed by atoms with Gasteiger partial charge < -0.3 is 0 Å². The molecule has 0 atom stereocenters. The Balaban J connectivity index is 3.35. The zero-order chi connectivity index (χ0) is 17.3. The lowest BCUT2D eigenvalue weighted by molar-refractivity contribution is -0.0927. The second-order valence-electron chi connectivity index (χ2n) is 3.64. The average Bonchev–Trinajstić information content (AvgIpc) is 2.36. The van der Waals surface area contributed by atoms with Crippen LogP contribution in [0.3, 0.4) is 0 Å². The van der Waals surface area contributed by atoms with Crippen molar-refractivity contribution in [2.45, 2.75) is 15.4 Å². The summed E-state index contributed by atoms with van der Waals surface area (Å²) in [5.41, 5.74) is -1.17. The molecule has 1 aromatic carbocycles. The molecule has 0 aliphatic rings. The predicted octanol–water partition coefficient (Wildman–Crippen LogP) is 4.80. The van der Waals surface area contributed by atoms with Gasteiger partial charge in [0.05, 0.1) is 0 Å². The van der Waals surface area contributed by atoms with Gasteiger partial charge in [0.2, 0.25) is 0 Å². The first-order valence-corrected chi connectivity index (χ1v) is 7.20. The highest BCUT2D eigenvalue weighted by Gasteiger charge is 2.67. The van der Waals surface area contributed by atoms with Crippen molar-refractivity contribution in [3.05, 3.63) is 35.9 Å². The summed E-state index contributed by atoms with van der Waals surface area (Å²) in [6.45, 7) is 0. The molecule has 0 fully saturated rings. The summed E-state index contributed by atoms with van der Waals surface area (Å²) < 4.78 is 122. The molecular weight excluding hydrogens is 368 g/mol. The van der Waals surface area contributed by atoms with Crippen molar-refractivity contribution in [2.75, 3.05) is 0 Å². The van der Waals surface area contributed by atoms with Crippen LogP contribution in [-0.4, -0.2) is 18.9 Å². The minimum Gasteiger partial charge on any atom is -0.200 e. The standard InChI is InChI=1S/C10H4F8O2S2/c11-7(8(12)13)5-3-1-2-4-6(5)21-9(14,15)10(16,17)22(18,19)20/h1-4H. The van der Waals surface area contributed by atoms with Gasteiger partial charge in [-0.3, -0.25) is 0 Å². The largest absolute Gasteiger partial charge is 0.446 e. The van der Waals surface area contributed by atoms with E-state index in [1.807, 2.05) is 0 Å². The molecule has 2 nitrogen and oxygen atoms in total. The Morgan fingerprint density at radius 1 is 1.00 bits per heavy atom. The second-order valence-corrected chi connectivity index (χ2v) is 6.19. The summed E-state index contributed by atoms with van der Waals surface area (Å²) in [6, 6.07) is 3.02. The number of rotatable bonds is 5. The Labute approximate surface area is 123 Å². The van der Waals surface area contributed by atoms with Crippen LogP contribution in [0, 0.1) is 0 Å². The first-order valence-electron chi connectivity index (χ1n) is 5.00. The SMILES string of the molecule is O=S(=O)(F)C(F)(F)C(F)(F)Sc1ccccc1C(F)=C(F)F. The Bertz CT molecular complexity index is 695. The minimum absolute atomic E-state index is 0.567. The molecule has 0 saturated carbocycles. The van der Waals surface area contributed by atoms with Gasteiger partial charge in [-0.25, -0.2) is 4.39 Å². The molecule has 0 spiro atoms. The van der Waals surface area contributed by atoms with Gasteiger partial charge in [-0.2, -0.15) is 34.8 Å². The fraction of sp³-hybridized carbons (Fsp3) is 0.200. The topological polar surface area (TPSA) is 34.1 Å². The lowest BCUT2D eigenvalue weighted by Crippen LogP contribution is -2.42. The molecule has 124 valence electrons. The third-order valence-electron chi connectivity index (χ3n) is 2.17. The fourth-order valence-electron chi connectivity index (χ4n) is 1.18. The van der Waals surface area contributed by atoms with Crippen LogP contribution in [0.25, 0.3) is 5.83 Å². The van der Waals surface area contributed by atoms with Gasteiger partial charge in [-0.05, 0) is 17.8 Å². The summed E-state index contributed by atoms with van der Waals surface area (Å²) in [4.78, 5) is -1.12. The molecule has 0 N–H and O–H groups in total. The van der Waals surface area contributed by atoms with Gasteiger partial charge in [0.1, 0.15) is 0 Å². The van der Waals surface area contributed by atoms with Crippen LogP contribution in [0.1, 0.15) is 5.56 Å². The Hall–Kier alpha value is -1.30. The first-order chi connectivity index (χ1) is 9.81. The van der Waals surface area contributed by atoms with E-state index < -0.39 is 54.9 Å². The number of hydrogen-bond donors (Lipinski definition) is 0. The molecule has 0 bridgehead atoms. The molecule has 1 rings (SSSR count). The number of thioether (sulfide) groups is 1. The van der Waals surface area contributed by atoms with Crippen LogP contribution < -0.4 is 0 Å². The summed E-state index contributed by atoms with van der Waals surface area (Å²) in [6.07, 6.45) is -2.90. The van der Waals surface area contributed by atoms with Crippen molar-refractivity contribution in [3.63, 3.8) is 0 Å². The molecule has 0 saturated heterocycles. The maximum atomic E-state index is 13.3. The lowest BCUT2D eigenvalue weighted by Gasteiger charge is -2.22. The molecule has 22 heavy (non-hydrogen) atoms. The highest BCUT2D eigenvalue weighted by atomic mass is 32.3. The molecule has 0 radical (unpaired) electrons. The van der Waals surface area contributed by atoms with Crippen LogP contribution in [0.4, 0.5) is 34.6 Å². The van der Waals surface area contributed by atoms with Crippen LogP contribution in [0.2, 0.25) is 0 Å². The first kappa shape index (κ1) is 18.7. The Morgan fingerprint density at radius 3 is 1.95 bits per heavy atom. The molecule has 0 aromatic heterocycles. The molecule has 0 amide bonds. The van der Waals surface area contributed by atoms with Crippen molar-refractivity contribution in [1.82, 2.24) is 0 Å². The quantitative estimate of drug-likeness (QED) is 0.423. The van der Waals surface area contributed by atoms with E-state index in [2.05, 4.69) is 0 Å². The number of benzene rings is 1. The normalized spacial score (nSPS) is 13.1. The molecule has 0 aliphatic heterocycles. The van der Waals surface area contributed by atoms with E-state index in [0.29, 0.717) is 12.1 Å². The maximum Gasteiger partial charge on any atom is 0.446 e. The van der Waals surface area contributed by atoms with Crippen molar-refractivity contribution >= 4 is 27.8 Å². The summed E-state index contributed by atoms with van der Waals surface area (Å²) in [5.74, 6) is -2.26. The molecule has 1 aromatic rings. The van der Waals surface area contributed by atoms with E-state index >= 15 is 0 Å². The van der Waals surface area contributed by atoms with Gasteiger partial charge in [0, 0.05) is 10.5 Å². The molecular formula is C10H4F8O2S2. The van der Waals surface area contributed by atoms with Gasteiger partial charge >= 0.3 is 26.8 Å². The molecule has 0 heterocycles. The number of halogens is 8. The van der Waals surface area contributed by atoms with Crippen LogP contribution in [-0.2, 0) is 10.2 Å². The Kier molecular flexibility index (Phi) is 5.17. The van der Waals surface area contributed by atoms with Crippen LogP contribution >= 0.6 is 11.8 Å². The van der Waals surface area contributed by atoms with Crippen molar-refractivity contribution < 1.29 is 43.0 Å². The fourth-order valence-corrected chi connectivity index (χ4v) is 2.69. The average molecular weight is 372 g/mol. The molecule has 12 heteroatoms. The van der Waals surface area contributed by atoms with Crippen molar-refractivity contribution in [1.29, 1.82) is 0 Å². The molecule has 0 unspecified atom stereocenters. The number of alkyl halides is 4. The minimum atomic E-state index is -6.99. The van der Waals surface area contributed by atoms with Crippen molar-refractivity contribution in [2.24, 2.45) is 0 Å². The zero-order valence-electron chi connectivity index (χ0n) is 9.97. The number of hydrogen-bond acceptors (Lipinski definition) is 3. The Morgan fingerprint density at radius 2 is 1.50 bits per heavy atom.